The molecule has 0 aliphatic heterocycles. The fourth-order valence-corrected chi connectivity index (χ4v) is 2.04. The molecule has 4 nitrogen and oxygen atoms in total. The molecule has 0 saturated carbocycles. The largest absolute Gasteiger partial charge is 0.508 e. The SMILES string of the molecule is Oc1ccc(-c2cc(COc3ccc(C(F)(F)F)cc3)on2)cc1. The van der Waals surface area contributed by atoms with Crippen LogP contribution in [0.5, 0.6) is 11.5 Å². The van der Waals surface area contributed by atoms with E-state index in [2.05, 4.69) is 5.16 Å². The molecule has 0 aliphatic carbocycles. The maximum absolute atomic E-state index is 12.5. The van der Waals surface area contributed by atoms with Crippen LogP contribution >= 0.6 is 0 Å². The Bertz CT molecular complexity index is 808. The Kier molecular flexibility index (Phi) is 4.16. The van der Waals surface area contributed by atoms with E-state index < -0.39 is 11.7 Å². The highest BCUT2D eigenvalue weighted by atomic mass is 19.4. The third-order valence-corrected chi connectivity index (χ3v) is 3.28. The number of rotatable bonds is 4. The molecule has 0 fully saturated rings. The fraction of sp³-hybridized carbons (Fsp3) is 0.118. The summed E-state index contributed by atoms with van der Waals surface area (Å²) in [7, 11) is 0. The van der Waals surface area contributed by atoms with Crippen molar-refractivity contribution in [2.45, 2.75) is 12.8 Å². The van der Waals surface area contributed by atoms with Gasteiger partial charge in [0.1, 0.15) is 23.8 Å². The topological polar surface area (TPSA) is 55.5 Å². The molecule has 24 heavy (non-hydrogen) atoms. The number of benzene rings is 2. The molecule has 1 N–H and O–H groups in total. The van der Waals surface area contributed by atoms with Crippen molar-refractivity contribution in [1.29, 1.82) is 0 Å². The van der Waals surface area contributed by atoms with Crippen LogP contribution in [0.25, 0.3) is 11.3 Å². The van der Waals surface area contributed by atoms with Crippen LogP contribution in [0.3, 0.4) is 0 Å². The number of aromatic hydroxyl groups is 1. The number of alkyl halides is 3. The molecule has 7 heteroatoms. The van der Waals surface area contributed by atoms with E-state index in [1.54, 1.807) is 18.2 Å². The molecule has 0 amide bonds. The highest BCUT2D eigenvalue weighted by Crippen LogP contribution is 2.30. The van der Waals surface area contributed by atoms with Crippen LogP contribution in [-0.4, -0.2) is 10.3 Å². The van der Waals surface area contributed by atoms with Gasteiger partial charge >= 0.3 is 6.18 Å². The van der Waals surface area contributed by atoms with E-state index in [4.69, 9.17) is 9.26 Å². The van der Waals surface area contributed by atoms with Crippen molar-refractivity contribution in [3.05, 3.63) is 65.9 Å². The lowest BCUT2D eigenvalue weighted by Gasteiger charge is -2.08. The average molecular weight is 335 g/mol. The van der Waals surface area contributed by atoms with Gasteiger partial charge in [-0.05, 0) is 48.5 Å². The van der Waals surface area contributed by atoms with Crippen LogP contribution in [0, 0.1) is 0 Å². The summed E-state index contributed by atoms with van der Waals surface area (Å²) in [6.07, 6.45) is -4.37. The first-order chi connectivity index (χ1) is 11.4. The zero-order valence-corrected chi connectivity index (χ0v) is 12.2. The molecule has 0 spiro atoms. The maximum Gasteiger partial charge on any atom is 0.416 e. The normalized spacial score (nSPS) is 11.5. The number of phenols is 1. The minimum absolute atomic E-state index is 0.0381. The molecular formula is C17H12F3NO3. The predicted octanol–water partition coefficient (Wildman–Crippen LogP) is 4.65. The Morgan fingerprint density at radius 3 is 2.29 bits per heavy atom. The summed E-state index contributed by atoms with van der Waals surface area (Å²) in [4.78, 5) is 0. The minimum Gasteiger partial charge on any atom is -0.508 e. The fourth-order valence-electron chi connectivity index (χ4n) is 2.04. The third kappa shape index (κ3) is 3.68. The first kappa shape index (κ1) is 15.9. The van der Waals surface area contributed by atoms with Crippen molar-refractivity contribution >= 4 is 0 Å². The molecule has 0 atom stereocenters. The van der Waals surface area contributed by atoms with E-state index in [1.165, 1.54) is 24.3 Å². The van der Waals surface area contributed by atoms with Crippen LogP contribution in [0.15, 0.2) is 59.1 Å². The van der Waals surface area contributed by atoms with E-state index >= 15 is 0 Å². The minimum atomic E-state index is -4.37. The molecule has 1 aromatic heterocycles. The molecule has 1 heterocycles. The Balaban J connectivity index is 1.64. The summed E-state index contributed by atoms with van der Waals surface area (Å²) in [5, 5.41) is 13.1. The quantitative estimate of drug-likeness (QED) is 0.754. The van der Waals surface area contributed by atoms with E-state index in [0.29, 0.717) is 17.2 Å². The van der Waals surface area contributed by atoms with Gasteiger partial charge in [-0.25, -0.2) is 0 Å². The summed E-state index contributed by atoms with van der Waals surface area (Å²) in [5.74, 6) is 0.872. The van der Waals surface area contributed by atoms with Crippen molar-refractivity contribution in [1.82, 2.24) is 5.16 Å². The van der Waals surface area contributed by atoms with Gasteiger partial charge in [-0.3, -0.25) is 0 Å². The van der Waals surface area contributed by atoms with Crippen LogP contribution in [0.2, 0.25) is 0 Å². The van der Waals surface area contributed by atoms with Crippen LogP contribution in [0.1, 0.15) is 11.3 Å². The first-order valence-electron chi connectivity index (χ1n) is 6.97. The van der Waals surface area contributed by atoms with Crippen molar-refractivity contribution in [2.24, 2.45) is 0 Å². The molecule has 0 bridgehead atoms. The summed E-state index contributed by atoms with van der Waals surface area (Å²) in [6.45, 7) is 0.0381. The van der Waals surface area contributed by atoms with Gasteiger partial charge in [0.2, 0.25) is 0 Å². The summed E-state index contributed by atoms with van der Waals surface area (Å²) in [5.41, 5.74) is 0.600. The van der Waals surface area contributed by atoms with Gasteiger partial charge < -0.3 is 14.4 Å². The highest BCUT2D eigenvalue weighted by Gasteiger charge is 2.30. The maximum atomic E-state index is 12.5. The van der Waals surface area contributed by atoms with Gasteiger partial charge in [-0.1, -0.05) is 5.16 Å². The zero-order valence-electron chi connectivity index (χ0n) is 12.2. The summed E-state index contributed by atoms with van der Waals surface area (Å²) < 4.78 is 48.0. The van der Waals surface area contributed by atoms with Crippen molar-refractivity contribution in [3.8, 4) is 22.8 Å². The standard InChI is InChI=1S/C17H12F3NO3/c18-17(19,20)12-3-7-14(8-4-12)23-10-15-9-16(21-24-15)11-1-5-13(22)6-2-11/h1-9,22H,10H2. The lowest BCUT2D eigenvalue weighted by Crippen LogP contribution is -2.04. The lowest BCUT2D eigenvalue weighted by atomic mass is 10.1. The van der Waals surface area contributed by atoms with E-state index in [0.717, 1.165) is 17.7 Å². The van der Waals surface area contributed by atoms with Gasteiger partial charge in [0.25, 0.3) is 0 Å². The number of halogens is 3. The second-order valence-electron chi connectivity index (χ2n) is 5.04. The van der Waals surface area contributed by atoms with Gasteiger partial charge in [0.05, 0.1) is 5.56 Å². The predicted molar refractivity (Wildman–Crippen MR) is 79.4 cm³/mol. The molecule has 2 aromatic carbocycles. The molecule has 0 unspecified atom stereocenters. The second-order valence-corrected chi connectivity index (χ2v) is 5.04. The van der Waals surface area contributed by atoms with Crippen molar-refractivity contribution < 1.29 is 27.5 Å². The monoisotopic (exact) mass is 335 g/mol. The molecule has 3 aromatic rings. The van der Waals surface area contributed by atoms with Crippen LogP contribution in [-0.2, 0) is 12.8 Å². The number of hydrogen-bond donors (Lipinski definition) is 1. The molecule has 3 rings (SSSR count). The molecule has 0 radical (unpaired) electrons. The molecule has 0 aliphatic rings. The van der Waals surface area contributed by atoms with Crippen LogP contribution in [0.4, 0.5) is 13.2 Å². The lowest BCUT2D eigenvalue weighted by molar-refractivity contribution is -0.137. The Morgan fingerprint density at radius 2 is 1.67 bits per heavy atom. The van der Waals surface area contributed by atoms with E-state index in [9.17, 15) is 18.3 Å². The second kappa shape index (κ2) is 6.27. The van der Waals surface area contributed by atoms with Gasteiger partial charge in [0, 0.05) is 11.6 Å². The molecule has 0 saturated heterocycles. The number of hydrogen-bond acceptors (Lipinski definition) is 4. The molecule has 124 valence electrons. The van der Waals surface area contributed by atoms with E-state index in [-0.39, 0.29) is 12.4 Å². The van der Waals surface area contributed by atoms with Gasteiger partial charge in [0.15, 0.2) is 5.76 Å². The van der Waals surface area contributed by atoms with E-state index in [1.807, 2.05) is 0 Å². The number of ether oxygens (including phenoxy) is 1. The summed E-state index contributed by atoms with van der Waals surface area (Å²) >= 11 is 0. The zero-order chi connectivity index (χ0) is 17.2. The Morgan fingerprint density at radius 1 is 1.00 bits per heavy atom. The smallest absolute Gasteiger partial charge is 0.416 e. The number of aromatic nitrogens is 1. The Hall–Kier alpha value is -2.96. The molecular weight excluding hydrogens is 323 g/mol. The van der Waals surface area contributed by atoms with Gasteiger partial charge in [-0.15, -0.1) is 0 Å². The Labute approximate surface area is 135 Å². The highest BCUT2D eigenvalue weighted by molar-refractivity contribution is 5.59. The van der Waals surface area contributed by atoms with Crippen molar-refractivity contribution in [2.75, 3.05) is 0 Å². The number of nitrogens with zero attached hydrogens (tertiary/aromatic N) is 1. The van der Waals surface area contributed by atoms with Gasteiger partial charge in [-0.2, -0.15) is 13.2 Å². The average Bonchev–Trinajstić information content (AvgIpc) is 3.02. The van der Waals surface area contributed by atoms with Crippen molar-refractivity contribution in [3.63, 3.8) is 0 Å². The summed E-state index contributed by atoms with van der Waals surface area (Å²) in [6, 6.07) is 12.5. The first-order valence-corrected chi connectivity index (χ1v) is 6.97. The third-order valence-electron chi connectivity index (χ3n) is 3.28. The van der Waals surface area contributed by atoms with Crippen LogP contribution < -0.4 is 4.74 Å². The number of phenolic OH excluding ortho intramolecular Hbond substituents is 1.